The first-order chi connectivity index (χ1) is 9.24. The molecule has 6 heteroatoms. The minimum absolute atomic E-state index is 0.157. The van der Waals surface area contributed by atoms with Gasteiger partial charge in [-0.3, -0.25) is 4.79 Å². The van der Waals surface area contributed by atoms with Gasteiger partial charge in [-0.15, -0.1) is 11.8 Å². The first-order valence-electron chi connectivity index (χ1n) is 5.49. The van der Waals surface area contributed by atoms with E-state index in [2.05, 4.69) is 26.5 Å². The van der Waals surface area contributed by atoms with Crippen molar-refractivity contribution in [2.24, 2.45) is 5.10 Å². The van der Waals surface area contributed by atoms with E-state index in [1.54, 1.807) is 12.1 Å². The van der Waals surface area contributed by atoms with Crippen LogP contribution in [0, 0.1) is 0 Å². The molecule has 2 rings (SSSR count). The summed E-state index contributed by atoms with van der Waals surface area (Å²) in [4.78, 5) is 12.6. The molecule has 1 aromatic heterocycles. The Morgan fingerprint density at radius 1 is 1.32 bits per heavy atom. The topological polar surface area (TPSA) is 54.6 Å². The summed E-state index contributed by atoms with van der Waals surface area (Å²) < 4.78 is 5.83. The van der Waals surface area contributed by atoms with E-state index in [1.165, 1.54) is 18.0 Å². The summed E-state index contributed by atoms with van der Waals surface area (Å²) in [6, 6.07) is 13.2. The fraction of sp³-hybridized carbons (Fsp3) is 0.0769. The molecule has 0 radical (unpaired) electrons. The number of carbonyl (C=O) groups is 1. The van der Waals surface area contributed by atoms with Gasteiger partial charge in [0.05, 0.1) is 12.0 Å². The average Bonchev–Trinajstić information content (AvgIpc) is 2.83. The number of benzene rings is 1. The summed E-state index contributed by atoms with van der Waals surface area (Å²) in [5.41, 5.74) is 2.45. The van der Waals surface area contributed by atoms with Gasteiger partial charge in [-0.05, 0) is 40.2 Å². The maximum Gasteiger partial charge on any atom is 0.250 e. The molecule has 1 heterocycles. The number of rotatable bonds is 5. The molecule has 19 heavy (non-hydrogen) atoms. The third kappa shape index (κ3) is 4.92. The Labute approximate surface area is 123 Å². The number of amides is 1. The molecule has 0 saturated heterocycles. The van der Waals surface area contributed by atoms with Crippen LogP contribution in [0.1, 0.15) is 5.76 Å². The van der Waals surface area contributed by atoms with Gasteiger partial charge in [-0.2, -0.15) is 5.10 Å². The smallest absolute Gasteiger partial charge is 0.250 e. The maximum atomic E-state index is 11.5. The number of hydrazone groups is 1. The second kappa shape index (κ2) is 7.16. The predicted molar refractivity (Wildman–Crippen MR) is 79.3 cm³/mol. The van der Waals surface area contributed by atoms with Gasteiger partial charge in [0.15, 0.2) is 4.67 Å². The van der Waals surface area contributed by atoms with E-state index < -0.39 is 0 Å². The predicted octanol–water partition coefficient (Wildman–Crippen LogP) is 3.28. The number of thioether (sulfide) groups is 1. The zero-order valence-corrected chi connectivity index (χ0v) is 12.3. The van der Waals surface area contributed by atoms with E-state index in [4.69, 9.17) is 4.42 Å². The zero-order chi connectivity index (χ0) is 13.5. The Bertz CT molecular complexity index is 569. The fourth-order valence-corrected chi connectivity index (χ4v) is 2.29. The van der Waals surface area contributed by atoms with Gasteiger partial charge in [0.2, 0.25) is 5.91 Å². The van der Waals surface area contributed by atoms with Gasteiger partial charge in [0.25, 0.3) is 0 Å². The molecule has 0 fully saturated rings. The normalized spacial score (nSPS) is 10.8. The minimum Gasteiger partial charge on any atom is -0.448 e. The number of hydrogen-bond donors (Lipinski definition) is 1. The van der Waals surface area contributed by atoms with Gasteiger partial charge in [0, 0.05) is 4.90 Å². The molecule has 0 aliphatic heterocycles. The summed E-state index contributed by atoms with van der Waals surface area (Å²) >= 11 is 4.65. The van der Waals surface area contributed by atoms with Crippen molar-refractivity contribution in [1.82, 2.24) is 5.43 Å². The highest BCUT2D eigenvalue weighted by Gasteiger charge is 2.01. The second-order valence-electron chi connectivity index (χ2n) is 3.54. The van der Waals surface area contributed by atoms with Crippen molar-refractivity contribution < 1.29 is 9.21 Å². The number of nitrogens with zero attached hydrogens (tertiary/aromatic N) is 1. The van der Waals surface area contributed by atoms with Gasteiger partial charge in [0.1, 0.15) is 5.76 Å². The van der Waals surface area contributed by atoms with E-state index in [0.29, 0.717) is 16.2 Å². The number of furan rings is 1. The Hall–Kier alpha value is -1.53. The van der Waals surface area contributed by atoms with Crippen molar-refractivity contribution in [2.75, 3.05) is 5.75 Å². The highest BCUT2D eigenvalue weighted by atomic mass is 79.9. The van der Waals surface area contributed by atoms with Gasteiger partial charge in [-0.1, -0.05) is 18.2 Å². The molecule has 0 aliphatic carbocycles. The van der Waals surface area contributed by atoms with E-state index in [9.17, 15) is 4.79 Å². The monoisotopic (exact) mass is 338 g/mol. The number of halogens is 1. The molecule has 1 amide bonds. The third-order valence-corrected chi connectivity index (χ3v) is 3.53. The van der Waals surface area contributed by atoms with Crippen LogP contribution in [0.5, 0.6) is 0 Å². The van der Waals surface area contributed by atoms with Crippen molar-refractivity contribution in [3.63, 3.8) is 0 Å². The first-order valence-corrected chi connectivity index (χ1v) is 7.27. The summed E-state index contributed by atoms with van der Waals surface area (Å²) in [7, 11) is 0. The Balaban J connectivity index is 1.74. The van der Waals surface area contributed by atoms with E-state index in [1.807, 2.05) is 30.3 Å². The Morgan fingerprint density at radius 3 is 2.79 bits per heavy atom. The number of nitrogens with one attached hydrogen (secondary N) is 1. The van der Waals surface area contributed by atoms with Crippen molar-refractivity contribution in [3.05, 3.63) is 52.9 Å². The van der Waals surface area contributed by atoms with Crippen molar-refractivity contribution in [3.8, 4) is 0 Å². The van der Waals surface area contributed by atoms with Crippen LogP contribution in [0.15, 0.2) is 61.5 Å². The molecular formula is C13H11BrN2O2S. The van der Waals surface area contributed by atoms with Gasteiger partial charge in [-0.25, -0.2) is 5.43 Å². The summed E-state index contributed by atoms with van der Waals surface area (Å²) in [6.45, 7) is 0. The summed E-state index contributed by atoms with van der Waals surface area (Å²) in [6.07, 6.45) is 1.45. The zero-order valence-electron chi connectivity index (χ0n) is 9.88. The largest absolute Gasteiger partial charge is 0.448 e. The lowest BCUT2D eigenvalue weighted by molar-refractivity contribution is -0.118. The molecule has 0 spiro atoms. The lowest BCUT2D eigenvalue weighted by Crippen LogP contribution is -2.19. The van der Waals surface area contributed by atoms with Crippen LogP contribution in [-0.2, 0) is 4.79 Å². The first kappa shape index (κ1) is 13.9. The molecule has 98 valence electrons. The molecule has 0 bridgehead atoms. The summed E-state index contributed by atoms with van der Waals surface area (Å²) in [5.74, 6) is 0.738. The highest BCUT2D eigenvalue weighted by Crippen LogP contribution is 2.16. The molecule has 4 nitrogen and oxygen atoms in total. The standard InChI is InChI=1S/C13H11BrN2O2S/c14-12-7-6-10(18-12)8-15-16-13(17)9-19-11-4-2-1-3-5-11/h1-8H,9H2,(H,16,17)/b15-8-. The van der Waals surface area contributed by atoms with Crippen molar-refractivity contribution in [1.29, 1.82) is 0 Å². The van der Waals surface area contributed by atoms with Crippen LogP contribution in [0.3, 0.4) is 0 Å². The third-order valence-electron chi connectivity index (χ3n) is 2.09. The van der Waals surface area contributed by atoms with Gasteiger partial charge < -0.3 is 4.42 Å². The fourth-order valence-electron chi connectivity index (χ4n) is 1.26. The SMILES string of the molecule is O=C(CSc1ccccc1)N/N=C\c1ccc(Br)o1. The second-order valence-corrected chi connectivity index (χ2v) is 5.37. The van der Waals surface area contributed by atoms with Crippen LogP contribution in [0.25, 0.3) is 0 Å². The van der Waals surface area contributed by atoms with Gasteiger partial charge >= 0.3 is 0 Å². The molecule has 0 unspecified atom stereocenters. The number of hydrogen-bond acceptors (Lipinski definition) is 4. The quantitative estimate of drug-likeness (QED) is 0.517. The maximum absolute atomic E-state index is 11.5. The van der Waals surface area contributed by atoms with E-state index >= 15 is 0 Å². The minimum atomic E-state index is -0.157. The number of carbonyl (C=O) groups excluding carboxylic acids is 1. The molecule has 0 saturated carbocycles. The average molecular weight is 339 g/mol. The summed E-state index contributed by atoms with van der Waals surface area (Å²) in [5, 5.41) is 3.81. The van der Waals surface area contributed by atoms with Crippen LogP contribution < -0.4 is 5.43 Å². The molecule has 0 atom stereocenters. The van der Waals surface area contributed by atoms with E-state index in [0.717, 1.165) is 4.90 Å². The molecule has 0 aliphatic rings. The lowest BCUT2D eigenvalue weighted by atomic mass is 10.4. The molecule has 1 aromatic carbocycles. The van der Waals surface area contributed by atoms with E-state index in [-0.39, 0.29) is 5.91 Å². The Kier molecular flexibility index (Phi) is 5.23. The van der Waals surface area contributed by atoms with Crippen LogP contribution >= 0.6 is 27.7 Å². The van der Waals surface area contributed by atoms with Crippen molar-refractivity contribution >= 4 is 39.8 Å². The Morgan fingerprint density at radius 2 is 2.11 bits per heavy atom. The molecular weight excluding hydrogens is 328 g/mol. The highest BCUT2D eigenvalue weighted by molar-refractivity contribution is 9.10. The van der Waals surface area contributed by atoms with Crippen LogP contribution in [-0.4, -0.2) is 17.9 Å². The van der Waals surface area contributed by atoms with Crippen molar-refractivity contribution in [2.45, 2.75) is 4.90 Å². The van der Waals surface area contributed by atoms with Crippen LogP contribution in [0.2, 0.25) is 0 Å². The van der Waals surface area contributed by atoms with Crippen LogP contribution in [0.4, 0.5) is 0 Å². The molecule has 2 aromatic rings. The molecule has 1 N–H and O–H groups in total. The lowest BCUT2D eigenvalue weighted by Gasteiger charge is -1.99.